The zero-order chi connectivity index (χ0) is 8.04. The summed E-state index contributed by atoms with van der Waals surface area (Å²) in [5, 5.41) is 7.10. The van der Waals surface area contributed by atoms with Gasteiger partial charge in [-0.2, -0.15) is 4.59 Å². The number of rotatable bonds is 1. The standard InChI is InChI=1S/C8H13N4/c1-4-5-6-8(4,5)12(6)7-10(9(2)3)11(7)12/h4-7H,1-3H3/q+1/t4-,5+,6-,7-,8-,10?,11?,12?/m1/s1. The van der Waals surface area contributed by atoms with Crippen molar-refractivity contribution in [3.05, 3.63) is 0 Å². The molecule has 0 radical (unpaired) electrons. The average Bonchev–Trinajstić information content (AvgIpc) is 2.70. The van der Waals surface area contributed by atoms with Crippen molar-refractivity contribution in [2.45, 2.75) is 24.8 Å². The Hall–Kier alpha value is -0.160. The molecule has 2 spiro atoms. The third-order valence-electron chi connectivity index (χ3n) is 4.99. The predicted octanol–water partition coefficient (Wildman–Crippen LogP) is -0.575. The number of nitrogens with zero attached hydrogens (tertiary/aromatic N) is 4. The zero-order valence-corrected chi connectivity index (χ0v) is 7.60. The highest BCUT2D eigenvalue weighted by atomic mass is 16.4. The second kappa shape index (κ2) is 0.973. The lowest BCUT2D eigenvalue weighted by Gasteiger charge is -2.18. The Bertz CT molecular complexity index is 324. The highest BCUT2D eigenvalue weighted by Crippen LogP contribution is 3.03. The SMILES string of the molecule is C[C@@H]1[C@H]2[C@@H]3[C@]21[N+]31[C@@H]2N(N(C)C)N21. The van der Waals surface area contributed by atoms with E-state index >= 15 is 0 Å². The van der Waals surface area contributed by atoms with E-state index in [0.717, 1.165) is 29.7 Å². The highest BCUT2D eigenvalue weighted by Gasteiger charge is 3.30. The number of hydrogen-bond acceptors (Lipinski definition) is 3. The maximum Gasteiger partial charge on any atom is 0.315 e. The van der Waals surface area contributed by atoms with Crippen LogP contribution in [-0.2, 0) is 0 Å². The molecule has 0 bridgehead atoms. The Morgan fingerprint density at radius 3 is 2.42 bits per heavy atom. The summed E-state index contributed by atoms with van der Waals surface area (Å²) in [6.45, 7) is 2.42. The Kier molecular flexibility index (Phi) is 0.450. The van der Waals surface area contributed by atoms with Crippen LogP contribution in [0, 0.1) is 11.8 Å². The fourth-order valence-electron chi connectivity index (χ4n) is 4.34. The first-order valence-corrected chi connectivity index (χ1v) is 4.86. The molecular formula is C8H13N4+. The van der Waals surface area contributed by atoms with E-state index in [4.69, 9.17) is 0 Å². The van der Waals surface area contributed by atoms with Crippen LogP contribution >= 0.6 is 0 Å². The third-order valence-corrected chi connectivity index (χ3v) is 4.99. The summed E-state index contributed by atoms with van der Waals surface area (Å²) in [4.78, 5) is 0. The summed E-state index contributed by atoms with van der Waals surface area (Å²) in [6.07, 6.45) is 0.784. The quantitative estimate of drug-likeness (QED) is 0.380. The van der Waals surface area contributed by atoms with Gasteiger partial charge in [0, 0.05) is 25.1 Å². The molecule has 0 N–H and O–H groups in total. The third kappa shape index (κ3) is 0.222. The van der Waals surface area contributed by atoms with Crippen LogP contribution in [0.1, 0.15) is 6.92 Å². The van der Waals surface area contributed by atoms with Gasteiger partial charge >= 0.3 is 6.29 Å². The monoisotopic (exact) mass is 165 g/mol. The van der Waals surface area contributed by atoms with Crippen LogP contribution in [-0.4, -0.2) is 51.8 Å². The molecule has 3 heterocycles. The molecule has 0 aromatic carbocycles. The molecule has 5 aliphatic rings. The first-order valence-electron chi connectivity index (χ1n) is 4.86. The molecule has 3 unspecified atom stereocenters. The average molecular weight is 165 g/mol. The van der Waals surface area contributed by atoms with Crippen molar-refractivity contribution in [3.8, 4) is 0 Å². The highest BCUT2D eigenvalue weighted by molar-refractivity contribution is 5.50. The van der Waals surface area contributed by atoms with E-state index in [0.29, 0.717) is 0 Å². The summed E-state index contributed by atoms with van der Waals surface area (Å²) in [5.41, 5.74) is 0.831. The minimum Gasteiger partial charge on any atom is -0.223 e. The summed E-state index contributed by atoms with van der Waals surface area (Å²) in [7, 11) is 4.26. The number of quaternary nitrogens is 1. The van der Waals surface area contributed by atoms with Gasteiger partial charge in [-0.05, 0) is 5.12 Å². The van der Waals surface area contributed by atoms with Gasteiger partial charge in [-0.3, -0.25) is 0 Å². The molecule has 8 atom stereocenters. The summed E-state index contributed by atoms with van der Waals surface area (Å²) >= 11 is 0. The summed E-state index contributed by atoms with van der Waals surface area (Å²) in [5.74, 6) is 2.20. The van der Waals surface area contributed by atoms with E-state index in [9.17, 15) is 0 Å². The van der Waals surface area contributed by atoms with E-state index in [-0.39, 0.29) is 0 Å². The normalized spacial score (nSPS) is 89.0. The minimum absolute atomic E-state index is 0.784. The molecule has 4 heteroatoms. The topological polar surface area (TPSA) is 9.26 Å². The second-order valence-electron chi connectivity index (χ2n) is 5.22. The minimum atomic E-state index is 0.784. The largest absolute Gasteiger partial charge is 0.315 e. The maximum absolute atomic E-state index is 2.53. The Balaban J connectivity index is 1.46. The predicted molar refractivity (Wildman–Crippen MR) is 40.6 cm³/mol. The van der Waals surface area contributed by atoms with Crippen LogP contribution < -0.4 is 0 Å². The van der Waals surface area contributed by atoms with E-state index in [1.165, 1.54) is 4.59 Å². The van der Waals surface area contributed by atoms with Crippen molar-refractivity contribution >= 4 is 0 Å². The molecule has 0 amide bonds. The van der Waals surface area contributed by atoms with Crippen molar-refractivity contribution in [1.29, 1.82) is 0 Å². The molecule has 64 valence electrons. The first kappa shape index (κ1) is 5.54. The van der Waals surface area contributed by atoms with E-state index in [1.807, 2.05) is 0 Å². The van der Waals surface area contributed by atoms with E-state index < -0.39 is 0 Å². The summed E-state index contributed by atoms with van der Waals surface area (Å²) < 4.78 is 1.40. The lowest BCUT2D eigenvalue weighted by molar-refractivity contribution is -0.872. The lowest BCUT2D eigenvalue weighted by atomic mass is 10.2. The van der Waals surface area contributed by atoms with Crippen LogP contribution in [0.3, 0.4) is 0 Å². The maximum atomic E-state index is 2.53. The molecule has 2 aliphatic carbocycles. The molecule has 3 saturated heterocycles. The first-order chi connectivity index (χ1) is 5.71. The van der Waals surface area contributed by atoms with Gasteiger partial charge in [-0.15, -0.1) is 0 Å². The smallest absolute Gasteiger partial charge is 0.223 e. The summed E-state index contributed by atoms with van der Waals surface area (Å²) in [6, 6.07) is 1.09. The van der Waals surface area contributed by atoms with Crippen molar-refractivity contribution in [3.63, 3.8) is 0 Å². The van der Waals surface area contributed by atoms with Crippen LogP contribution in [0.4, 0.5) is 0 Å². The van der Waals surface area contributed by atoms with Gasteiger partial charge in [0.2, 0.25) is 0 Å². The Morgan fingerprint density at radius 2 is 2.08 bits per heavy atom. The van der Waals surface area contributed by atoms with Gasteiger partial charge in [0.1, 0.15) is 0 Å². The molecule has 3 aliphatic heterocycles. The molecule has 0 aromatic heterocycles. The second-order valence-corrected chi connectivity index (χ2v) is 5.22. The van der Waals surface area contributed by atoms with Gasteiger partial charge in [0.05, 0.1) is 5.92 Å². The Labute approximate surface area is 71.4 Å². The van der Waals surface area contributed by atoms with Gasteiger partial charge in [-0.25, -0.2) is 5.01 Å². The molecule has 4 nitrogen and oxygen atoms in total. The Morgan fingerprint density at radius 1 is 1.42 bits per heavy atom. The van der Waals surface area contributed by atoms with E-state index in [2.05, 4.69) is 36.3 Å². The van der Waals surface area contributed by atoms with Crippen LogP contribution in [0.25, 0.3) is 0 Å². The van der Waals surface area contributed by atoms with Crippen LogP contribution in [0.5, 0.6) is 0 Å². The molecular weight excluding hydrogens is 152 g/mol. The fourth-order valence-corrected chi connectivity index (χ4v) is 4.34. The van der Waals surface area contributed by atoms with Crippen molar-refractivity contribution < 1.29 is 4.59 Å². The van der Waals surface area contributed by atoms with Gasteiger partial charge in [-0.1, -0.05) is 6.92 Å². The van der Waals surface area contributed by atoms with Gasteiger partial charge in [0.25, 0.3) is 0 Å². The van der Waals surface area contributed by atoms with Crippen LogP contribution in [0.15, 0.2) is 0 Å². The molecule has 2 saturated carbocycles. The molecule has 5 rings (SSSR count). The molecule has 0 aromatic rings. The van der Waals surface area contributed by atoms with Crippen LogP contribution in [0.2, 0.25) is 0 Å². The molecule has 12 heavy (non-hydrogen) atoms. The number of hydrogen-bond donors (Lipinski definition) is 0. The fraction of sp³-hybridized carbons (Fsp3) is 1.00. The zero-order valence-electron chi connectivity index (χ0n) is 7.60. The van der Waals surface area contributed by atoms with Gasteiger partial charge in [0.15, 0.2) is 11.6 Å². The van der Waals surface area contributed by atoms with E-state index in [1.54, 1.807) is 0 Å². The van der Waals surface area contributed by atoms with Crippen molar-refractivity contribution in [2.75, 3.05) is 14.1 Å². The van der Waals surface area contributed by atoms with Gasteiger partial charge < -0.3 is 0 Å². The number of fused-ring (bicyclic) bond motifs is 5. The van der Waals surface area contributed by atoms with Crippen molar-refractivity contribution in [2.24, 2.45) is 11.8 Å². The van der Waals surface area contributed by atoms with Crippen molar-refractivity contribution in [1.82, 2.24) is 15.2 Å². The lowest BCUT2D eigenvalue weighted by Crippen LogP contribution is -2.43. The molecule has 5 fully saturated rings. The number of hydrazine groups is 2.